The third-order valence-electron chi connectivity index (χ3n) is 6.40. The van der Waals surface area contributed by atoms with E-state index in [0.717, 1.165) is 9.13 Å². The summed E-state index contributed by atoms with van der Waals surface area (Å²) in [4.78, 5) is 80.9. The predicted molar refractivity (Wildman–Crippen MR) is 134 cm³/mol. The summed E-state index contributed by atoms with van der Waals surface area (Å²) in [6, 6.07) is 0. The van der Waals surface area contributed by atoms with Gasteiger partial charge in [0.25, 0.3) is 11.1 Å². The van der Waals surface area contributed by atoms with Crippen molar-refractivity contribution in [1.82, 2.24) is 19.1 Å². The van der Waals surface area contributed by atoms with Gasteiger partial charge in [0.15, 0.2) is 0 Å². The van der Waals surface area contributed by atoms with Gasteiger partial charge < -0.3 is 29.3 Å². The van der Waals surface area contributed by atoms with E-state index < -0.39 is 88.2 Å². The number of H-pyrrole nitrogens is 2. The number of phosphoric acid groups is 2. The number of hydrogen-bond acceptors (Lipinski definition) is 12. The summed E-state index contributed by atoms with van der Waals surface area (Å²) in [6.45, 7) is 1.40. The number of nitrogens with zero attached hydrogens (tertiary/aromatic N) is 2. The minimum absolute atomic E-state index is 0.142. The molecule has 2 aromatic rings. The zero-order chi connectivity index (χ0) is 30.3. The summed E-state index contributed by atoms with van der Waals surface area (Å²) >= 11 is 0. The average Bonchev–Trinajstić information content (AvgIpc) is 3.44. The number of aryl methyl sites for hydroxylation is 2. The van der Waals surface area contributed by atoms with Crippen LogP contribution in [0.5, 0.6) is 0 Å². The molecule has 4 heterocycles. The molecule has 0 spiro atoms. The molecule has 2 saturated heterocycles. The summed E-state index contributed by atoms with van der Waals surface area (Å²) in [5, 5.41) is 9.69. The van der Waals surface area contributed by atoms with Crippen molar-refractivity contribution in [3.63, 3.8) is 0 Å². The topological polar surface area (TPSA) is 271 Å². The first-order chi connectivity index (χ1) is 19.1. The first-order valence-electron chi connectivity index (χ1n) is 12.0. The van der Waals surface area contributed by atoms with Crippen LogP contribution in [-0.4, -0.2) is 76.5 Å². The summed E-state index contributed by atoms with van der Waals surface area (Å²) in [5.41, 5.74) is -2.61. The number of aromatic nitrogens is 4. The summed E-state index contributed by atoms with van der Waals surface area (Å²) in [6.07, 6.45) is -5.61. The lowest BCUT2D eigenvalue weighted by Gasteiger charge is -2.23. The van der Waals surface area contributed by atoms with Crippen molar-refractivity contribution < 1.29 is 52.0 Å². The third-order valence-corrected chi connectivity index (χ3v) is 7.95. The van der Waals surface area contributed by atoms with E-state index in [1.807, 2.05) is 0 Å². The number of aromatic amines is 2. The van der Waals surface area contributed by atoms with E-state index in [-0.39, 0.29) is 24.0 Å². The Hall–Kier alpha value is -2.54. The fourth-order valence-corrected chi connectivity index (χ4v) is 5.96. The molecule has 0 radical (unpaired) electrons. The molecule has 2 aliphatic heterocycles. The molecule has 0 saturated carbocycles. The highest BCUT2D eigenvalue weighted by molar-refractivity contribution is 7.47. The van der Waals surface area contributed by atoms with Gasteiger partial charge in [0.05, 0.1) is 13.2 Å². The maximum Gasteiger partial charge on any atom is 0.472 e. The van der Waals surface area contributed by atoms with Crippen molar-refractivity contribution >= 4 is 15.6 Å². The van der Waals surface area contributed by atoms with Gasteiger partial charge in [-0.25, -0.2) is 18.7 Å². The smallest absolute Gasteiger partial charge is 0.394 e. The van der Waals surface area contributed by atoms with Gasteiger partial charge in [-0.2, -0.15) is 0 Å². The van der Waals surface area contributed by atoms with E-state index in [1.54, 1.807) is 0 Å². The number of phosphoric ester groups is 2. The second-order valence-electron chi connectivity index (χ2n) is 9.41. The van der Waals surface area contributed by atoms with Crippen molar-refractivity contribution in [2.45, 2.75) is 63.6 Å². The Morgan fingerprint density at radius 2 is 1.32 bits per heavy atom. The SMILES string of the molecule is Cc1cn(C2CC(OP(=O)(O)O)C(COP(=O)(O)OC3CC(n4cc(C)c(=O)[nH]c4=O)OC3CO)O2)c(=O)[nH]c1=O. The van der Waals surface area contributed by atoms with Gasteiger partial charge in [0.1, 0.15) is 36.9 Å². The predicted octanol–water partition coefficient (Wildman–Crippen LogP) is -1.75. The monoisotopic (exact) mass is 626 g/mol. The minimum Gasteiger partial charge on any atom is -0.394 e. The molecule has 7 unspecified atom stereocenters. The molecule has 41 heavy (non-hydrogen) atoms. The van der Waals surface area contributed by atoms with Crippen LogP contribution >= 0.6 is 15.6 Å². The molecule has 0 aliphatic carbocycles. The van der Waals surface area contributed by atoms with Crippen LogP contribution in [0, 0.1) is 13.8 Å². The quantitative estimate of drug-likeness (QED) is 0.160. The first kappa shape index (κ1) is 31.4. The van der Waals surface area contributed by atoms with Crippen LogP contribution in [-0.2, 0) is 32.2 Å². The number of hydrogen-bond donors (Lipinski definition) is 6. The van der Waals surface area contributed by atoms with Gasteiger partial charge in [0, 0.05) is 36.4 Å². The Balaban J connectivity index is 1.46. The number of rotatable bonds is 10. The van der Waals surface area contributed by atoms with Gasteiger partial charge in [-0.15, -0.1) is 0 Å². The Morgan fingerprint density at radius 1 is 0.854 bits per heavy atom. The van der Waals surface area contributed by atoms with E-state index in [9.17, 15) is 48.1 Å². The van der Waals surface area contributed by atoms with Gasteiger partial charge in [-0.3, -0.25) is 42.3 Å². The molecule has 19 nitrogen and oxygen atoms in total. The second-order valence-corrected chi connectivity index (χ2v) is 12.0. The molecule has 2 fully saturated rings. The normalized spacial score (nSPS) is 28.1. The van der Waals surface area contributed by atoms with E-state index in [1.165, 1.54) is 26.2 Å². The van der Waals surface area contributed by atoms with Gasteiger partial charge in [-0.1, -0.05) is 0 Å². The molecule has 7 atom stereocenters. The lowest BCUT2D eigenvalue weighted by Crippen LogP contribution is -2.33. The van der Waals surface area contributed by atoms with Crippen molar-refractivity contribution in [3.8, 4) is 0 Å². The molecule has 0 bridgehead atoms. The van der Waals surface area contributed by atoms with Crippen molar-refractivity contribution in [2.75, 3.05) is 13.2 Å². The third kappa shape index (κ3) is 7.46. The molecule has 6 N–H and O–H groups in total. The second kappa shape index (κ2) is 12.0. The fraction of sp³-hybridized carbons (Fsp3) is 0.600. The number of nitrogens with one attached hydrogen (secondary N) is 2. The number of aliphatic hydroxyl groups excluding tert-OH is 1. The van der Waals surface area contributed by atoms with E-state index in [0.29, 0.717) is 0 Å². The lowest BCUT2D eigenvalue weighted by atomic mass is 10.2. The van der Waals surface area contributed by atoms with Crippen molar-refractivity contribution in [1.29, 1.82) is 0 Å². The maximum atomic E-state index is 12.8. The first-order valence-corrected chi connectivity index (χ1v) is 15.0. The maximum absolute atomic E-state index is 12.8. The zero-order valence-corrected chi connectivity index (χ0v) is 23.3. The van der Waals surface area contributed by atoms with E-state index >= 15 is 0 Å². The number of aliphatic hydroxyl groups is 1. The van der Waals surface area contributed by atoms with Crippen molar-refractivity contribution in [2.24, 2.45) is 0 Å². The average molecular weight is 626 g/mol. The van der Waals surface area contributed by atoms with Crippen LogP contribution in [0.2, 0.25) is 0 Å². The molecule has 0 aromatic carbocycles. The van der Waals surface area contributed by atoms with Crippen LogP contribution in [0.25, 0.3) is 0 Å². The Kier molecular flexibility index (Phi) is 9.18. The van der Waals surface area contributed by atoms with Crippen LogP contribution in [0.4, 0.5) is 0 Å². The van der Waals surface area contributed by atoms with Crippen LogP contribution in [0.15, 0.2) is 31.6 Å². The van der Waals surface area contributed by atoms with Gasteiger partial charge >= 0.3 is 27.0 Å². The fourth-order valence-electron chi connectivity index (χ4n) is 4.42. The van der Waals surface area contributed by atoms with E-state index in [4.69, 9.17) is 23.0 Å². The Bertz CT molecular complexity index is 1610. The highest BCUT2D eigenvalue weighted by atomic mass is 31.2. The minimum atomic E-state index is -5.09. The highest BCUT2D eigenvalue weighted by Gasteiger charge is 2.45. The lowest BCUT2D eigenvalue weighted by molar-refractivity contribution is -0.0571. The Morgan fingerprint density at radius 3 is 1.78 bits per heavy atom. The van der Waals surface area contributed by atoms with E-state index in [2.05, 4.69) is 9.97 Å². The summed E-state index contributed by atoms with van der Waals surface area (Å²) in [5.74, 6) is 0. The number of ether oxygens (including phenoxy) is 2. The molecule has 228 valence electrons. The van der Waals surface area contributed by atoms with Crippen LogP contribution in [0.3, 0.4) is 0 Å². The Labute approximate surface area is 229 Å². The molecule has 0 amide bonds. The van der Waals surface area contributed by atoms with Crippen molar-refractivity contribution in [3.05, 3.63) is 65.2 Å². The van der Waals surface area contributed by atoms with Crippen LogP contribution < -0.4 is 22.5 Å². The highest BCUT2D eigenvalue weighted by Crippen LogP contribution is 2.50. The summed E-state index contributed by atoms with van der Waals surface area (Å²) in [7, 11) is -10.1. The molecular weight excluding hydrogens is 598 g/mol. The zero-order valence-electron chi connectivity index (χ0n) is 21.5. The molecule has 4 rings (SSSR count). The molecule has 2 aliphatic rings. The largest absolute Gasteiger partial charge is 0.472 e. The summed E-state index contributed by atoms with van der Waals surface area (Å²) < 4.78 is 52.4. The van der Waals surface area contributed by atoms with Gasteiger partial charge in [0.2, 0.25) is 0 Å². The van der Waals surface area contributed by atoms with Crippen LogP contribution in [0.1, 0.15) is 36.4 Å². The standard InChI is InChI=1S/C20H28N4O15P2/c1-9-5-23(19(28)21-17(9)26)15-3-11(13(7-25)36-15)39-41(33,34)35-8-14-12(38-40(30,31)32)4-16(37-14)24-6-10(2)18(27)22-20(24)29/h5-6,11-16,25H,3-4,7-8H2,1-2H3,(H,33,34)(H,21,26,28)(H,22,27,29)(H2,30,31,32). The molecular formula is C20H28N4O15P2. The molecule has 21 heteroatoms. The van der Waals surface area contributed by atoms with Gasteiger partial charge in [-0.05, 0) is 13.8 Å². The molecule has 2 aromatic heterocycles.